The lowest BCUT2D eigenvalue weighted by Gasteiger charge is -2.11. The first-order valence-corrected chi connectivity index (χ1v) is 11.3. The summed E-state index contributed by atoms with van der Waals surface area (Å²) in [4.78, 5) is 23.4. The van der Waals surface area contributed by atoms with Gasteiger partial charge in [0.25, 0.3) is 11.6 Å². The lowest BCUT2D eigenvalue weighted by atomic mass is 10.2. The van der Waals surface area contributed by atoms with Gasteiger partial charge in [-0.2, -0.15) is 5.10 Å². The molecule has 0 unspecified atom stereocenters. The van der Waals surface area contributed by atoms with Crippen LogP contribution in [0.4, 0.5) is 5.69 Å². The molecule has 0 atom stereocenters. The van der Waals surface area contributed by atoms with E-state index < -0.39 is 4.92 Å². The van der Waals surface area contributed by atoms with Crippen molar-refractivity contribution in [2.24, 2.45) is 5.10 Å². The lowest BCUT2D eigenvalue weighted by Crippen LogP contribution is -2.16. The van der Waals surface area contributed by atoms with E-state index in [-0.39, 0.29) is 11.6 Å². The number of carbonyl (C=O) groups excluding carboxylic acids is 1. The highest BCUT2D eigenvalue weighted by molar-refractivity contribution is 9.10. The topological polar surface area (TPSA) is 89.5 Å². The molecule has 2 aromatic heterocycles. The van der Waals surface area contributed by atoms with Crippen molar-refractivity contribution in [1.29, 1.82) is 0 Å². The van der Waals surface area contributed by atoms with Gasteiger partial charge in [0.1, 0.15) is 0 Å². The SMILES string of the molecule is Cc1cc(-n2c(C)cc(/C=N\NC(=O)c3cc4cc([N+](=O)[O-])ccc4s3)c2C)ccc1Br. The number of fused-ring (bicyclic) bond motifs is 1. The van der Waals surface area contributed by atoms with Crippen LogP contribution >= 0.6 is 27.3 Å². The van der Waals surface area contributed by atoms with Crippen LogP contribution in [-0.2, 0) is 0 Å². The Kier molecular flexibility index (Phi) is 5.94. The Morgan fingerprint density at radius 1 is 1.16 bits per heavy atom. The van der Waals surface area contributed by atoms with Crippen LogP contribution in [0.15, 0.2) is 58.1 Å². The number of aromatic nitrogens is 1. The average Bonchev–Trinajstić information content (AvgIpc) is 3.30. The van der Waals surface area contributed by atoms with Gasteiger partial charge in [-0.25, -0.2) is 5.43 Å². The van der Waals surface area contributed by atoms with Crippen molar-refractivity contribution in [3.8, 4) is 5.69 Å². The predicted molar refractivity (Wildman–Crippen MR) is 131 cm³/mol. The van der Waals surface area contributed by atoms with Gasteiger partial charge in [-0.3, -0.25) is 14.9 Å². The summed E-state index contributed by atoms with van der Waals surface area (Å²) in [5, 5.41) is 15.7. The highest BCUT2D eigenvalue weighted by Gasteiger charge is 2.14. The molecule has 2 aromatic carbocycles. The minimum absolute atomic E-state index is 0.00314. The van der Waals surface area contributed by atoms with E-state index in [1.807, 2.05) is 39.0 Å². The van der Waals surface area contributed by atoms with Crippen molar-refractivity contribution in [1.82, 2.24) is 9.99 Å². The number of non-ortho nitro benzene ring substituents is 1. The zero-order valence-corrected chi connectivity index (χ0v) is 20.0. The van der Waals surface area contributed by atoms with E-state index in [9.17, 15) is 14.9 Å². The lowest BCUT2D eigenvalue weighted by molar-refractivity contribution is -0.384. The van der Waals surface area contributed by atoms with Gasteiger partial charge >= 0.3 is 0 Å². The minimum atomic E-state index is -0.451. The summed E-state index contributed by atoms with van der Waals surface area (Å²) in [6, 6.07) is 14.4. The molecule has 0 fully saturated rings. The highest BCUT2D eigenvalue weighted by atomic mass is 79.9. The van der Waals surface area contributed by atoms with E-state index in [2.05, 4.69) is 37.1 Å². The molecule has 9 heteroatoms. The van der Waals surface area contributed by atoms with Crippen molar-refractivity contribution in [3.63, 3.8) is 0 Å². The Bertz CT molecular complexity index is 1400. The number of amides is 1. The number of carbonyl (C=O) groups is 1. The number of nitrogens with zero attached hydrogens (tertiary/aromatic N) is 3. The molecule has 0 aliphatic carbocycles. The van der Waals surface area contributed by atoms with E-state index in [4.69, 9.17) is 0 Å². The number of hydrogen-bond donors (Lipinski definition) is 1. The molecule has 1 N–H and O–H groups in total. The third-order valence-corrected chi connectivity index (χ3v) is 7.18. The Morgan fingerprint density at radius 2 is 1.94 bits per heavy atom. The molecule has 2 heterocycles. The van der Waals surface area contributed by atoms with Crippen LogP contribution in [-0.4, -0.2) is 21.6 Å². The zero-order chi connectivity index (χ0) is 23.0. The quantitative estimate of drug-likeness (QED) is 0.201. The van der Waals surface area contributed by atoms with Gasteiger partial charge in [0.2, 0.25) is 0 Å². The summed E-state index contributed by atoms with van der Waals surface area (Å²) in [7, 11) is 0. The maximum absolute atomic E-state index is 12.5. The van der Waals surface area contributed by atoms with E-state index >= 15 is 0 Å². The molecule has 0 saturated heterocycles. The number of hydrazone groups is 1. The Balaban J connectivity index is 1.53. The fraction of sp³-hybridized carbons (Fsp3) is 0.130. The molecule has 162 valence electrons. The first kappa shape index (κ1) is 21.9. The number of halogens is 1. The normalized spacial score (nSPS) is 11.4. The second-order valence-electron chi connectivity index (χ2n) is 7.38. The fourth-order valence-electron chi connectivity index (χ4n) is 3.56. The number of benzene rings is 2. The van der Waals surface area contributed by atoms with Crippen molar-refractivity contribution >= 4 is 55.2 Å². The van der Waals surface area contributed by atoms with Crippen LogP contribution in [0.5, 0.6) is 0 Å². The molecule has 0 radical (unpaired) electrons. The van der Waals surface area contributed by atoms with Gasteiger partial charge in [-0.15, -0.1) is 11.3 Å². The summed E-state index contributed by atoms with van der Waals surface area (Å²) in [5.74, 6) is -0.359. The molecule has 0 aliphatic rings. The van der Waals surface area contributed by atoms with E-state index in [1.165, 1.54) is 23.5 Å². The predicted octanol–water partition coefficient (Wildman–Crippen LogP) is 6.05. The summed E-state index contributed by atoms with van der Waals surface area (Å²) in [6.07, 6.45) is 1.63. The third kappa shape index (κ3) is 4.21. The van der Waals surface area contributed by atoms with E-state index in [1.54, 1.807) is 18.3 Å². The van der Waals surface area contributed by atoms with Crippen molar-refractivity contribution in [2.75, 3.05) is 0 Å². The van der Waals surface area contributed by atoms with Crippen LogP contribution in [0.2, 0.25) is 0 Å². The molecule has 0 spiro atoms. The van der Waals surface area contributed by atoms with Crippen LogP contribution in [0.1, 0.15) is 32.2 Å². The van der Waals surface area contributed by atoms with Gasteiger partial charge in [0, 0.05) is 49.3 Å². The number of nitro groups is 1. The largest absolute Gasteiger partial charge is 0.318 e. The van der Waals surface area contributed by atoms with E-state index in [0.717, 1.165) is 37.4 Å². The van der Waals surface area contributed by atoms with Gasteiger partial charge in [0.05, 0.1) is 16.0 Å². The molecule has 0 bridgehead atoms. The number of thiophene rings is 1. The molecule has 32 heavy (non-hydrogen) atoms. The fourth-order valence-corrected chi connectivity index (χ4v) is 4.73. The number of aryl methyl sites for hydroxylation is 2. The molecule has 4 rings (SSSR count). The number of rotatable bonds is 5. The summed E-state index contributed by atoms with van der Waals surface area (Å²) in [6.45, 7) is 6.08. The molecule has 0 saturated carbocycles. The first-order chi connectivity index (χ1) is 15.2. The molecule has 0 aliphatic heterocycles. The summed E-state index contributed by atoms with van der Waals surface area (Å²) in [5.41, 5.74) is 7.72. The van der Waals surface area contributed by atoms with Crippen molar-refractivity contribution in [3.05, 3.63) is 90.5 Å². The maximum atomic E-state index is 12.5. The van der Waals surface area contributed by atoms with Crippen LogP contribution < -0.4 is 5.43 Å². The number of hydrogen-bond acceptors (Lipinski definition) is 5. The molecule has 1 amide bonds. The second kappa shape index (κ2) is 8.68. The Hall–Kier alpha value is -3.30. The number of nitrogens with one attached hydrogen (secondary N) is 1. The summed E-state index contributed by atoms with van der Waals surface area (Å²) < 4.78 is 4.00. The van der Waals surface area contributed by atoms with E-state index in [0.29, 0.717) is 10.3 Å². The molecule has 7 nitrogen and oxygen atoms in total. The van der Waals surface area contributed by atoms with Crippen LogP contribution in [0.3, 0.4) is 0 Å². The zero-order valence-electron chi connectivity index (χ0n) is 17.5. The molecular formula is C23H19BrN4O3S. The summed E-state index contributed by atoms with van der Waals surface area (Å²) >= 11 is 4.80. The average molecular weight is 511 g/mol. The molecular weight excluding hydrogens is 492 g/mol. The van der Waals surface area contributed by atoms with Gasteiger partial charge in [-0.05, 0) is 62.7 Å². The number of nitro benzene ring substituents is 1. The van der Waals surface area contributed by atoms with Crippen LogP contribution in [0, 0.1) is 30.9 Å². The highest BCUT2D eigenvalue weighted by Crippen LogP contribution is 2.29. The third-order valence-electron chi connectivity index (χ3n) is 5.17. The van der Waals surface area contributed by atoms with Crippen molar-refractivity contribution in [2.45, 2.75) is 20.8 Å². The second-order valence-corrected chi connectivity index (χ2v) is 9.32. The minimum Gasteiger partial charge on any atom is -0.318 e. The smallest absolute Gasteiger partial charge is 0.281 e. The monoisotopic (exact) mass is 510 g/mol. The van der Waals surface area contributed by atoms with Crippen molar-refractivity contribution < 1.29 is 9.72 Å². The molecule has 4 aromatic rings. The maximum Gasteiger partial charge on any atom is 0.281 e. The Labute approximate surface area is 196 Å². The van der Waals surface area contributed by atoms with Crippen LogP contribution in [0.25, 0.3) is 15.8 Å². The standard InChI is InChI=1S/C23H19BrN4O3S/c1-13-8-18(4-6-20(13)24)27-14(2)9-17(15(27)3)12-25-26-23(29)22-11-16-10-19(28(30)31)5-7-21(16)32-22/h4-12H,1-3H3,(H,26,29)/b25-12-. The van der Waals surface area contributed by atoms with Gasteiger partial charge in [-0.1, -0.05) is 15.9 Å². The Morgan fingerprint density at radius 3 is 2.66 bits per heavy atom. The van der Waals surface area contributed by atoms with Gasteiger partial charge < -0.3 is 4.57 Å². The van der Waals surface area contributed by atoms with Gasteiger partial charge in [0.15, 0.2) is 0 Å². The first-order valence-electron chi connectivity index (χ1n) is 9.71.